The van der Waals surface area contributed by atoms with Crippen LogP contribution in [0.2, 0.25) is 0 Å². The van der Waals surface area contributed by atoms with Gasteiger partial charge in [-0.2, -0.15) is 0 Å². The first-order chi connectivity index (χ1) is 12.2. The fourth-order valence-electron chi connectivity index (χ4n) is 3.15. The Bertz CT molecular complexity index is 731. The van der Waals surface area contributed by atoms with Crippen LogP contribution < -0.4 is 5.32 Å². The smallest absolute Gasteiger partial charge is 0.227 e. The summed E-state index contributed by atoms with van der Waals surface area (Å²) in [5, 5.41) is 5.10. The molecule has 3 rings (SSSR count). The molecule has 1 aliphatic heterocycles. The van der Waals surface area contributed by atoms with Crippen molar-refractivity contribution >= 4 is 22.9 Å². The lowest BCUT2D eigenvalue weighted by Crippen LogP contribution is -2.38. The number of carbonyl (C=O) groups is 1. The summed E-state index contributed by atoms with van der Waals surface area (Å²) in [6.45, 7) is 7.23. The second kappa shape index (κ2) is 8.41. The second-order valence-electron chi connectivity index (χ2n) is 6.63. The van der Waals surface area contributed by atoms with Crippen LogP contribution in [-0.2, 0) is 4.79 Å². The molecule has 1 amide bonds. The number of rotatable bonds is 5. The van der Waals surface area contributed by atoms with E-state index in [2.05, 4.69) is 35.1 Å². The summed E-state index contributed by atoms with van der Waals surface area (Å²) < 4.78 is 0. The molecular weight excluding hydrogens is 330 g/mol. The highest BCUT2D eigenvalue weighted by Crippen LogP contribution is 2.24. The van der Waals surface area contributed by atoms with Gasteiger partial charge in [0.25, 0.3) is 0 Å². The van der Waals surface area contributed by atoms with E-state index in [1.807, 2.05) is 35.2 Å². The molecule has 0 spiro atoms. The molecule has 1 aromatic heterocycles. The predicted octanol–water partition coefficient (Wildman–Crippen LogP) is 4.43. The molecule has 4 nitrogen and oxygen atoms in total. The first kappa shape index (κ1) is 17.8. The maximum atomic E-state index is 12.6. The minimum atomic E-state index is 0.102. The molecule has 0 aliphatic carbocycles. The molecule has 0 unspecified atom stereocenters. The number of piperidine rings is 1. The number of allylic oxidation sites excluding steroid dienone is 1. The predicted molar refractivity (Wildman–Crippen MR) is 105 cm³/mol. The van der Waals surface area contributed by atoms with Crippen LogP contribution in [0.1, 0.15) is 26.7 Å². The highest BCUT2D eigenvalue weighted by atomic mass is 32.1. The summed E-state index contributed by atoms with van der Waals surface area (Å²) in [5.41, 5.74) is 6.05. The molecule has 1 N–H and O–H groups in total. The van der Waals surface area contributed by atoms with Crippen molar-refractivity contribution in [3.05, 3.63) is 46.8 Å². The normalized spacial score (nSPS) is 16.8. The first-order valence-corrected chi connectivity index (χ1v) is 9.73. The number of likely N-dealkylation sites (tertiary alicyclic amines) is 1. The van der Waals surface area contributed by atoms with Crippen LogP contribution in [0.3, 0.4) is 0 Å². The lowest BCUT2D eigenvalue weighted by atomic mass is 9.95. The van der Waals surface area contributed by atoms with Gasteiger partial charge >= 0.3 is 0 Å². The van der Waals surface area contributed by atoms with Gasteiger partial charge in [-0.3, -0.25) is 9.69 Å². The number of nitrogens with one attached hydrogen (secondary N) is 1. The van der Waals surface area contributed by atoms with E-state index in [1.54, 1.807) is 11.3 Å². The largest absolute Gasteiger partial charge is 0.326 e. The molecule has 132 valence electrons. The average Bonchev–Trinajstić information content (AvgIpc) is 3.17. The third-order valence-electron chi connectivity index (χ3n) is 4.78. The zero-order valence-electron chi connectivity index (χ0n) is 14.9. The molecular formula is C20H25N3OS. The fourth-order valence-corrected chi connectivity index (χ4v) is 3.71. The molecule has 2 aromatic rings. The van der Waals surface area contributed by atoms with Gasteiger partial charge in [-0.15, -0.1) is 11.3 Å². The highest BCUT2D eigenvalue weighted by Gasteiger charge is 2.25. The molecule has 0 atom stereocenters. The number of aromatic nitrogens is 1. The molecule has 5 heteroatoms. The van der Waals surface area contributed by atoms with Gasteiger partial charge in [0.05, 0.1) is 11.2 Å². The van der Waals surface area contributed by atoms with Gasteiger partial charge in [0, 0.05) is 29.1 Å². The van der Waals surface area contributed by atoms with Gasteiger partial charge in [0.1, 0.15) is 0 Å². The molecule has 1 aromatic carbocycles. The highest BCUT2D eigenvalue weighted by molar-refractivity contribution is 7.07. The lowest BCUT2D eigenvalue weighted by molar-refractivity contribution is -0.121. The summed E-state index contributed by atoms with van der Waals surface area (Å²) in [6, 6.07) is 7.93. The standard InChI is InChI=1S/C20H25N3OS/c1-3-15(2)12-23-9-7-16(8-10-23)20(24)22-18-6-4-5-17(11-18)19-13-25-14-21-19/h3-6,11,13-14,16H,7-10,12H2,1-2H3,(H,22,24). The van der Waals surface area contributed by atoms with Crippen LogP contribution in [0.4, 0.5) is 5.69 Å². The zero-order chi connectivity index (χ0) is 17.6. The third kappa shape index (κ3) is 4.77. The van der Waals surface area contributed by atoms with Crippen LogP contribution in [0.5, 0.6) is 0 Å². The number of hydrogen-bond acceptors (Lipinski definition) is 4. The maximum Gasteiger partial charge on any atom is 0.227 e. The summed E-state index contributed by atoms with van der Waals surface area (Å²) in [6.07, 6.45) is 4.01. The quantitative estimate of drug-likeness (QED) is 0.807. The van der Waals surface area contributed by atoms with Gasteiger partial charge in [0.2, 0.25) is 5.91 Å². The Hall–Kier alpha value is -1.98. The fraction of sp³-hybridized carbons (Fsp3) is 0.400. The molecule has 25 heavy (non-hydrogen) atoms. The Balaban J connectivity index is 1.56. The van der Waals surface area contributed by atoms with Crippen molar-refractivity contribution in [2.45, 2.75) is 26.7 Å². The van der Waals surface area contributed by atoms with Crippen molar-refractivity contribution in [3.63, 3.8) is 0 Å². The SMILES string of the molecule is CC=C(C)CN1CCC(C(=O)Nc2cccc(-c3cscn3)c2)CC1. The number of hydrogen-bond donors (Lipinski definition) is 1. The van der Waals surface area contributed by atoms with Gasteiger partial charge in [0.15, 0.2) is 0 Å². The van der Waals surface area contributed by atoms with Crippen molar-refractivity contribution in [1.29, 1.82) is 0 Å². The minimum Gasteiger partial charge on any atom is -0.326 e. The monoisotopic (exact) mass is 355 g/mol. The Morgan fingerprint density at radius 1 is 1.40 bits per heavy atom. The third-order valence-corrected chi connectivity index (χ3v) is 5.37. The summed E-state index contributed by atoms with van der Waals surface area (Å²) >= 11 is 1.58. The minimum absolute atomic E-state index is 0.102. The summed E-state index contributed by atoms with van der Waals surface area (Å²) in [4.78, 5) is 19.4. The van der Waals surface area contributed by atoms with E-state index >= 15 is 0 Å². The Morgan fingerprint density at radius 3 is 2.88 bits per heavy atom. The van der Waals surface area contributed by atoms with Crippen LogP contribution in [0, 0.1) is 5.92 Å². The Morgan fingerprint density at radius 2 is 2.20 bits per heavy atom. The number of thiazole rings is 1. The molecule has 1 saturated heterocycles. The van der Waals surface area contributed by atoms with E-state index in [-0.39, 0.29) is 11.8 Å². The van der Waals surface area contributed by atoms with Crippen molar-refractivity contribution in [2.75, 3.05) is 25.0 Å². The second-order valence-corrected chi connectivity index (χ2v) is 7.35. The molecule has 0 saturated carbocycles. The number of anilines is 1. The van der Waals surface area contributed by atoms with E-state index in [0.717, 1.165) is 49.4 Å². The molecule has 1 aliphatic rings. The molecule has 0 radical (unpaired) electrons. The molecule has 2 heterocycles. The average molecular weight is 356 g/mol. The van der Waals surface area contributed by atoms with E-state index in [9.17, 15) is 4.79 Å². The van der Waals surface area contributed by atoms with E-state index < -0.39 is 0 Å². The van der Waals surface area contributed by atoms with Crippen molar-refractivity contribution in [3.8, 4) is 11.3 Å². The van der Waals surface area contributed by atoms with Gasteiger partial charge < -0.3 is 5.32 Å². The van der Waals surface area contributed by atoms with E-state index in [1.165, 1.54) is 5.57 Å². The Labute approximate surface area is 153 Å². The number of carbonyl (C=O) groups excluding carboxylic acids is 1. The Kier molecular flexibility index (Phi) is 6.00. The van der Waals surface area contributed by atoms with Gasteiger partial charge in [-0.05, 0) is 51.9 Å². The first-order valence-electron chi connectivity index (χ1n) is 8.79. The van der Waals surface area contributed by atoms with Crippen molar-refractivity contribution in [1.82, 2.24) is 9.88 Å². The zero-order valence-corrected chi connectivity index (χ0v) is 15.7. The number of nitrogens with zero attached hydrogens (tertiary/aromatic N) is 2. The topological polar surface area (TPSA) is 45.2 Å². The molecule has 0 bridgehead atoms. The van der Waals surface area contributed by atoms with Crippen LogP contribution in [0.15, 0.2) is 46.8 Å². The van der Waals surface area contributed by atoms with Gasteiger partial charge in [-0.25, -0.2) is 4.98 Å². The van der Waals surface area contributed by atoms with Crippen LogP contribution in [-0.4, -0.2) is 35.4 Å². The summed E-state index contributed by atoms with van der Waals surface area (Å²) in [7, 11) is 0. The van der Waals surface area contributed by atoms with E-state index in [0.29, 0.717) is 0 Å². The summed E-state index contributed by atoms with van der Waals surface area (Å²) in [5.74, 6) is 0.239. The van der Waals surface area contributed by atoms with Crippen molar-refractivity contribution in [2.24, 2.45) is 5.92 Å². The van der Waals surface area contributed by atoms with Crippen molar-refractivity contribution < 1.29 is 4.79 Å². The van der Waals surface area contributed by atoms with Gasteiger partial charge in [-0.1, -0.05) is 23.8 Å². The number of benzene rings is 1. The maximum absolute atomic E-state index is 12.6. The lowest BCUT2D eigenvalue weighted by Gasteiger charge is -2.31. The number of amides is 1. The van der Waals surface area contributed by atoms with Crippen LogP contribution in [0.25, 0.3) is 11.3 Å². The van der Waals surface area contributed by atoms with Crippen LogP contribution >= 0.6 is 11.3 Å². The van der Waals surface area contributed by atoms with E-state index in [4.69, 9.17) is 0 Å². The molecule has 1 fully saturated rings.